The number of ether oxygens (including phenoxy) is 1. The van der Waals surface area contributed by atoms with Crippen molar-refractivity contribution >= 4 is 16.8 Å². The minimum absolute atomic E-state index is 0.199. The monoisotopic (exact) mass is 201 g/mol. The van der Waals surface area contributed by atoms with Gasteiger partial charge in [0.15, 0.2) is 0 Å². The smallest absolute Gasteiger partial charge is 0.231 e. The van der Waals surface area contributed by atoms with E-state index in [-0.39, 0.29) is 5.91 Å². The minimum Gasteiger partial charge on any atom is -0.497 e. The Balaban J connectivity index is 2.31. The van der Waals surface area contributed by atoms with Gasteiger partial charge in [0.05, 0.1) is 12.6 Å². The normalized spacial score (nSPS) is 14.6. The number of nitrogens with zero attached hydrogens (tertiary/aromatic N) is 1. The van der Waals surface area contributed by atoms with E-state index >= 15 is 0 Å². The Labute approximate surface area is 87.3 Å². The molecule has 1 aliphatic rings. The van der Waals surface area contributed by atoms with Crippen LogP contribution in [0.25, 0.3) is 10.9 Å². The summed E-state index contributed by atoms with van der Waals surface area (Å²) in [6.45, 7) is 0. The predicted molar refractivity (Wildman–Crippen MR) is 57.4 cm³/mol. The van der Waals surface area contributed by atoms with Gasteiger partial charge in [-0.2, -0.15) is 0 Å². The second-order valence-electron chi connectivity index (χ2n) is 3.79. The molecule has 0 radical (unpaired) electrons. The molecule has 0 saturated carbocycles. The van der Waals surface area contributed by atoms with Crippen LogP contribution in [-0.4, -0.2) is 17.6 Å². The molecule has 15 heavy (non-hydrogen) atoms. The van der Waals surface area contributed by atoms with E-state index in [0.29, 0.717) is 6.42 Å². The maximum atomic E-state index is 11.6. The third-order valence-corrected chi connectivity index (χ3v) is 2.93. The molecule has 1 aromatic heterocycles. The number of hydrogen-bond donors (Lipinski definition) is 0. The zero-order valence-electron chi connectivity index (χ0n) is 8.49. The molecule has 1 aliphatic heterocycles. The van der Waals surface area contributed by atoms with Crippen molar-refractivity contribution in [3.05, 3.63) is 30.0 Å². The van der Waals surface area contributed by atoms with Crippen molar-refractivity contribution in [1.29, 1.82) is 0 Å². The molecule has 2 heterocycles. The Kier molecular flexibility index (Phi) is 1.63. The molecule has 0 bridgehead atoms. The van der Waals surface area contributed by atoms with Crippen molar-refractivity contribution in [2.75, 3.05) is 7.11 Å². The highest BCUT2D eigenvalue weighted by molar-refractivity contribution is 5.96. The Morgan fingerprint density at radius 2 is 2.13 bits per heavy atom. The van der Waals surface area contributed by atoms with Crippen molar-refractivity contribution < 1.29 is 9.53 Å². The first-order valence-corrected chi connectivity index (χ1v) is 5.01. The fourth-order valence-corrected chi connectivity index (χ4v) is 2.20. The first-order chi connectivity index (χ1) is 7.29. The lowest BCUT2D eigenvalue weighted by Crippen LogP contribution is -2.02. The van der Waals surface area contributed by atoms with Crippen LogP contribution in [0.3, 0.4) is 0 Å². The van der Waals surface area contributed by atoms with E-state index in [4.69, 9.17) is 4.74 Å². The number of fused-ring (bicyclic) bond motifs is 3. The highest BCUT2D eigenvalue weighted by atomic mass is 16.5. The topological polar surface area (TPSA) is 31.2 Å². The van der Waals surface area contributed by atoms with Gasteiger partial charge in [0, 0.05) is 17.5 Å². The summed E-state index contributed by atoms with van der Waals surface area (Å²) in [5, 5.41) is 1.08. The van der Waals surface area contributed by atoms with Crippen LogP contribution in [0.15, 0.2) is 24.3 Å². The van der Waals surface area contributed by atoms with E-state index in [9.17, 15) is 4.79 Å². The lowest BCUT2D eigenvalue weighted by atomic mass is 10.2. The van der Waals surface area contributed by atoms with Gasteiger partial charge in [0.1, 0.15) is 5.75 Å². The van der Waals surface area contributed by atoms with Gasteiger partial charge in [-0.1, -0.05) is 0 Å². The fourth-order valence-electron chi connectivity index (χ4n) is 2.20. The van der Waals surface area contributed by atoms with Crippen LogP contribution >= 0.6 is 0 Å². The summed E-state index contributed by atoms with van der Waals surface area (Å²) in [7, 11) is 1.65. The number of carbonyl (C=O) groups excluding carboxylic acids is 1. The number of aryl methyl sites for hydroxylation is 1. The van der Waals surface area contributed by atoms with Gasteiger partial charge in [-0.3, -0.25) is 9.36 Å². The molecule has 3 rings (SSSR count). The Hall–Kier alpha value is -1.77. The van der Waals surface area contributed by atoms with Gasteiger partial charge >= 0.3 is 0 Å². The van der Waals surface area contributed by atoms with Gasteiger partial charge in [-0.05, 0) is 30.7 Å². The van der Waals surface area contributed by atoms with Crippen LogP contribution in [-0.2, 0) is 6.42 Å². The molecule has 0 amide bonds. The summed E-state index contributed by atoms with van der Waals surface area (Å²) >= 11 is 0. The molecule has 76 valence electrons. The maximum Gasteiger partial charge on any atom is 0.231 e. The second kappa shape index (κ2) is 2.86. The Morgan fingerprint density at radius 1 is 1.27 bits per heavy atom. The van der Waals surface area contributed by atoms with Crippen molar-refractivity contribution in [2.45, 2.75) is 12.8 Å². The van der Waals surface area contributed by atoms with E-state index in [0.717, 1.165) is 28.8 Å². The summed E-state index contributed by atoms with van der Waals surface area (Å²) in [5.74, 6) is 1.03. The lowest BCUT2D eigenvalue weighted by Gasteiger charge is -2.01. The lowest BCUT2D eigenvalue weighted by molar-refractivity contribution is 0.0928. The molecule has 0 saturated heterocycles. The van der Waals surface area contributed by atoms with E-state index in [1.165, 1.54) is 0 Å². The van der Waals surface area contributed by atoms with Crippen molar-refractivity contribution in [3.8, 4) is 5.75 Å². The highest BCUT2D eigenvalue weighted by Gasteiger charge is 2.21. The summed E-state index contributed by atoms with van der Waals surface area (Å²) in [5.41, 5.74) is 2.11. The third kappa shape index (κ3) is 1.09. The zero-order chi connectivity index (χ0) is 10.4. The van der Waals surface area contributed by atoms with E-state index in [2.05, 4.69) is 6.07 Å². The van der Waals surface area contributed by atoms with Crippen LogP contribution in [0.2, 0.25) is 0 Å². The molecule has 0 N–H and O–H groups in total. The standard InChI is InChI=1S/C12H11NO2/c1-15-10-3-4-11-8(7-10)6-9-2-5-12(14)13(9)11/h3-4,6-7H,2,5H2,1H3. The van der Waals surface area contributed by atoms with E-state index in [1.807, 2.05) is 22.8 Å². The van der Waals surface area contributed by atoms with Crippen molar-refractivity contribution in [1.82, 2.24) is 4.57 Å². The van der Waals surface area contributed by atoms with Crippen LogP contribution in [0.5, 0.6) is 5.75 Å². The van der Waals surface area contributed by atoms with Gasteiger partial charge in [-0.25, -0.2) is 0 Å². The van der Waals surface area contributed by atoms with Gasteiger partial charge in [0.25, 0.3) is 0 Å². The van der Waals surface area contributed by atoms with E-state index < -0.39 is 0 Å². The van der Waals surface area contributed by atoms with Crippen molar-refractivity contribution in [3.63, 3.8) is 0 Å². The van der Waals surface area contributed by atoms with Crippen LogP contribution in [0.1, 0.15) is 16.9 Å². The maximum absolute atomic E-state index is 11.6. The summed E-state index contributed by atoms with van der Waals surface area (Å²) in [6.07, 6.45) is 1.49. The number of carbonyl (C=O) groups is 1. The molecule has 0 spiro atoms. The Bertz CT molecular complexity index is 554. The quantitative estimate of drug-likeness (QED) is 0.708. The average Bonchev–Trinajstić information content (AvgIpc) is 2.77. The number of benzene rings is 1. The second-order valence-corrected chi connectivity index (χ2v) is 3.79. The van der Waals surface area contributed by atoms with Crippen LogP contribution in [0.4, 0.5) is 0 Å². The van der Waals surface area contributed by atoms with Crippen molar-refractivity contribution in [2.24, 2.45) is 0 Å². The highest BCUT2D eigenvalue weighted by Crippen LogP contribution is 2.28. The SMILES string of the molecule is COc1ccc2c(c1)cc1n2C(=O)CC1. The molecule has 3 nitrogen and oxygen atoms in total. The third-order valence-electron chi connectivity index (χ3n) is 2.93. The van der Waals surface area contributed by atoms with Crippen LogP contribution in [0, 0.1) is 0 Å². The van der Waals surface area contributed by atoms with Crippen LogP contribution < -0.4 is 4.74 Å². The number of methoxy groups -OCH3 is 1. The molecule has 0 fully saturated rings. The van der Waals surface area contributed by atoms with E-state index in [1.54, 1.807) is 7.11 Å². The molecule has 1 aromatic carbocycles. The van der Waals surface area contributed by atoms with Gasteiger partial charge < -0.3 is 4.74 Å². The fraction of sp³-hybridized carbons (Fsp3) is 0.250. The number of rotatable bonds is 1. The average molecular weight is 201 g/mol. The molecular weight excluding hydrogens is 190 g/mol. The summed E-state index contributed by atoms with van der Waals surface area (Å²) < 4.78 is 6.97. The predicted octanol–water partition coefficient (Wildman–Crippen LogP) is 2.24. The van der Waals surface area contributed by atoms with Gasteiger partial charge in [0.2, 0.25) is 5.91 Å². The van der Waals surface area contributed by atoms with Gasteiger partial charge in [-0.15, -0.1) is 0 Å². The zero-order valence-corrected chi connectivity index (χ0v) is 8.49. The molecule has 0 unspecified atom stereocenters. The first kappa shape index (κ1) is 8.53. The molecule has 0 atom stereocenters. The summed E-state index contributed by atoms with van der Waals surface area (Å²) in [6, 6.07) is 7.87. The molecular formula is C12H11NO2. The molecule has 3 heteroatoms. The number of hydrogen-bond acceptors (Lipinski definition) is 2. The Morgan fingerprint density at radius 3 is 2.93 bits per heavy atom. The molecule has 0 aliphatic carbocycles. The largest absolute Gasteiger partial charge is 0.497 e. The molecule has 2 aromatic rings. The first-order valence-electron chi connectivity index (χ1n) is 5.01. The number of aromatic nitrogens is 1. The minimum atomic E-state index is 0.199. The summed E-state index contributed by atoms with van der Waals surface area (Å²) in [4.78, 5) is 11.6.